The summed E-state index contributed by atoms with van der Waals surface area (Å²) in [6.45, 7) is 2.59. The van der Waals surface area contributed by atoms with Gasteiger partial charge < -0.3 is 9.47 Å². The second-order valence-electron chi connectivity index (χ2n) is 4.87. The van der Waals surface area contributed by atoms with Gasteiger partial charge >= 0.3 is 0 Å². The van der Waals surface area contributed by atoms with Gasteiger partial charge in [-0.1, -0.05) is 12.2 Å². The Bertz CT molecular complexity index is 396. The highest BCUT2D eigenvalue weighted by molar-refractivity contribution is 5.94. The number of allylic oxidation sites excluding steroid dienone is 2. The van der Waals surface area contributed by atoms with Crippen molar-refractivity contribution in [3.63, 3.8) is 0 Å². The molecule has 16 heavy (non-hydrogen) atoms. The first-order valence-electron chi connectivity index (χ1n) is 5.77. The number of methoxy groups -OCH3 is 1. The van der Waals surface area contributed by atoms with Crippen LogP contribution in [0.15, 0.2) is 23.8 Å². The number of ether oxygens (including phenoxy) is 2. The lowest BCUT2D eigenvalue weighted by atomic mass is 9.66. The average Bonchev–Trinajstić information content (AvgIpc) is 2.67. The summed E-state index contributed by atoms with van der Waals surface area (Å²) in [4.78, 5) is 12.0. The van der Waals surface area contributed by atoms with Crippen molar-refractivity contribution in [3.8, 4) is 0 Å². The molecule has 3 rings (SSSR count). The third kappa shape index (κ3) is 1.08. The van der Waals surface area contributed by atoms with Crippen molar-refractivity contribution in [3.05, 3.63) is 23.8 Å². The van der Waals surface area contributed by atoms with Crippen LogP contribution in [0.5, 0.6) is 0 Å². The maximum absolute atomic E-state index is 12.0. The van der Waals surface area contributed by atoms with Crippen LogP contribution >= 0.6 is 0 Å². The summed E-state index contributed by atoms with van der Waals surface area (Å²) in [6, 6.07) is 0. The molecule has 1 fully saturated rings. The van der Waals surface area contributed by atoms with Crippen LogP contribution in [-0.4, -0.2) is 25.3 Å². The first-order chi connectivity index (χ1) is 7.69. The fraction of sp³-hybridized carbons (Fsp3) is 0.615. The van der Waals surface area contributed by atoms with Gasteiger partial charge in [0, 0.05) is 24.9 Å². The zero-order valence-electron chi connectivity index (χ0n) is 9.60. The van der Waals surface area contributed by atoms with E-state index in [0.29, 0.717) is 12.5 Å². The second kappa shape index (κ2) is 3.28. The predicted octanol–water partition coefficient (Wildman–Crippen LogP) is 1.70. The number of ketones is 1. The van der Waals surface area contributed by atoms with E-state index in [0.717, 1.165) is 12.0 Å². The summed E-state index contributed by atoms with van der Waals surface area (Å²) in [5, 5.41) is 0. The molecule has 1 heterocycles. The number of carbonyl (C=O) groups is 1. The molecule has 0 N–H and O–H groups in total. The maximum Gasteiger partial charge on any atom is 0.194 e. The van der Waals surface area contributed by atoms with Crippen molar-refractivity contribution < 1.29 is 14.3 Å². The molecule has 0 spiro atoms. The minimum absolute atomic E-state index is 0.0427. The Morgan fingerprint density at radius 1 is 1.56 bits per heavy atom. The van der Waals surface area contributed by atoms with Crippen LogP contribution < -0.4 is 0 Å². The Morgan fingerprint density at radius 3 is 3.12 bits per heavy atom. The van der Waals surface area contributed by atoms with Gasteiger partial charge in [0.25, 0.3) is 0 Å². The van der Waals surface area contributed by atoms with E-state index in [4.69, 9.17) is 9.47 Å². The number of hydrogen-bond donors (Lipinski definition) is 0. The quantitative estimate of drug-likeness (QED) is 0.631. The summed E-state index contributed by atoms with van der Waals surface area (Å²) < 4.78 is 11.5. The van der Waals surface area contributed by atoms with E-state index >= 15 is 0 Å². The molecule has 3 heteroatoms. The largest absolute Gasteiger partial charge is 0.349 e. The summed E-state index contributed by atoms with van der Waals surface area (Å²) in [5.74, 6) is 0.121. The molecule has 0 radical (unpaired) electrons. The lowest BCUT2D eigenvalue weighted by Crippen LogP contribution is -2.49. The summed E-state index contributed by atoms with van der Waals surface area (Å²) in [7, 11) is 1.67. The molecule has 0 saturated carbocycles. The van der Waals surface area contributed by atoms with Crippen molar-refractivity contribution in [2.24, 2.45) is 17.8 Å². The highest BCUT2D eigenvalue weighted by Gasteiger charge is 2.58. The van der Waals surface area contributed by atoms with Crippen molar-refractivity contribution in [2.45, 2.75) is 19.1 Å². The number of rotatable bonds is 1. The molecule has 86 valence electrons. The fourth-order valence-corrected chi connectivity index (χ4v) is 3.43. The van der Waals surface area contributed by atoms with Gasteiger partial charge in [-0.25, -0.2) is 0 Å². The summed E-state index contributed by atoms with van der Waals surface area (Å²) in [6.07, 6.45) is 6.80. The van der Waals surface area contributed by atoms with Crippen LogP contribution in [0.3, 0.4) is 0 Å². The zero-order valence-corrected chi connectivity index (χ0v) is 9.60. The number of hydrogen-bond acceptors (Lipinski definition) is 3. The van der Waals surface area contributed by atoms with Gasteiger partial charge in [-0.2, -0.15) is 0 Å². The van der Waals surface area contributed by atoms with E-state index < -0.39 is 5.79 Å². The molecular weight excluding hydrogens is 204 g/mol. The van der Waals surface area contributed by atoms with Crippen LogP contribution in [-0.2, 0) is 14.3 Å². The van der Waals surface area contributed by atoms with Crippen LogP contribution in [0.2, 0.25) is 0 Å². The van der Waals surface area contributed by atoms with E-state index in [1.165, 1.54) is 0 Å². The molecule has 0 unspecified atom stereocenters. The smallest absolute Gasteiger partial charge is 0.194 e. The summed E-state index contributed by atoms with van der Waals surface area (Å²) in [5.41, 5.74) is 0.916. The highest BCUT2D eigenvalue weighted by atomic mass is 16.7. The average molecular weight is 220 g/mol. The van der Waals surface area contributed by atoms with E-state index in [1.807, 2.05) is 6.92 Å². The highest BCUT2D eigenvalue weighted by Crippen LogP contribution is 2.52. The standard InChI is InChI=1S/C13H16O3/c1-8-6-11(14)10-5-3-4-9-7-16-13(8,15-2)12(9)10/h3-4,6,9-10,12H,5,7H2,1-2H3/t9-,10+,12+,13-/m1/s1. The maximum atomic E-state index is 12.0. The number of carbonyl (C=O) groups excluding carboxylic acids is 1. The molecule has 3 aliphatic rings. The minimum atomic E-state index is -0.645. The van der Waals surface area contributed by atoms with E-state index in [1.54, 1.807) is 13.2 Å². The predicted molar refractivity (Wildman–Crippen MR) is 58.7 cm³/mol. The van der Waals surface area contributed by atoms with Crippen LogP contribution in [0, 0.1) is 17.8 Å². The van der Waals surface area contributed by atoms with Gasteiger partial charge in [-0.3, -0.25) is 4.79 Å². The third-order valence-corrected chi connectivity index (χ3v) is 4.17. The van der Waals surface area contributed by atoms with Crippen molar-refractivity contribution >= 4 is 5.78 Å². The van der Waals surface area contributed by atoms with E-state index in [2.05, 4.69) is 12.2 Å². The molecule has 0 aromatic carbocycles. The lowest BCUT2D eigenvalue weighted by Gasteiger charge is -2.42. The minimum Gasteiger partial charge on any atom is -0.349 e. The molecule has 2 aliphatic carbocycles. The zero-order chi connectivity index (χ0) is 11.3. The molecule has 0 amide bonds. The van der Waals surface area contributed by atoms with Gasteiger partial charge in [0.1, 0.15) is 0 Å². The van der Waals surface area contributed by atoms with Crippen molar-refractivity contribution in [2.75, 3.05) is 13.7 Å². The Morgan fingerprint density at radius 2 is 2.38 bits per heavy atom. The molecule has 4 atom stereocenters. The Labute approximate surface area is 95.1 Å². The molecule has 0 aromatic rings. The first-order valence-corrected chi connectivity index (χ1v) is 5.77. The first kappa shape index (κ1) is 10.2. The molecule has 3 nitrogen and oxygen atoms in total. The SMILES string of the molecule is CO[C@@]12OC[C@H]3C=CC[C@@H](C(=O)C=C1C)[C@H]32. The Hall–Kier alpha value is -0.930. The van der Waals surface area contributed by atoms with Gasteiger partial charge in [0.05, 0.1) is 6.61 Å². The van der Waals surface area contributed by atoms with Gasteiger partial charge in [-0.15, -0.1) is 0 Å². The molecule has 1 saturated heterocycles. The molecule has 0 aromatic heterocycles. The monoisotopic (exact) mass is 220 g/mol. The normalized spacial score (nSPS) is 45.5. The van der Waals surface area contributed by atoms with E-state index in [-0.39, 0.29) is 17.6 Å². The lowest BCUT2D eigenvalue weighted by molar-refractivity contribution is -0.200. The van der Waals surface area contributed by atoms with Gasteiger partial charge in [-0.05, 0) is 25.0 Å². The fourth-order valence-electron chi connectivity index (χ4n) is 3.43. The van der Waals surface area contributed by atoms with Gasteiger partial charge in [0.2, 0.25) is 0 Å². The van der Waals surface area contributed by atoms with Crippen LogP contribution in [0.1, 0.15) is 13.3 Å². The molecule has 1 aliphatic heterocycles. The third-order valence-electron chi connectivity index (χ3n) is 4.17. The Kier molecular flexibility index (Phi) is 2.10. The van der Waals surface area contributed by atoms with Crippen LogP contribution in [0.4, 0.5) is 0 Å². The molecular formula is C13H16O3. The van der Waals surface area contributed by atoms with Crippen molar-refractivity contribution in [1.82, 2.24) is 0 Å². The summed E-state index contributed by atoms with van der Waals surface area (Å²) >= 11 is 0. The Balaban J connectivity index is 2.13. The second-order valence-corrected chi connectivity index (χ2v) is 4.87. The molecule has 0 bridgehead atoms. The van der Waals surface area contributed by atoms with Gasteiger partial charge in [0.15, 0.2) is 11.6 Å². The van der Waals surface area contributed by atoms with Crippen LogP contribution in [0.25, 0.3) is 0 Å². The van der Waals surface area contributed by atoms with Crippen molar-refractivity contribution in [1.29, 1.82) is 0 Å². The topological polar surface area (TPSA) is 35.5 Å². The van der Waals surface area contributed by atoms with E-state index in [9.17, 15) is 4.79 Å².